The van der Waals surface area contributed by atoms with Gasteiger partial charge in [0.05, 0.1) is 0 Å². The minimum absolute atomic E-state index is 0.607. The summed E-state index contributed by atoms with van der Waals surface area (Å²) in [5, 5.41) is 0. The van der Waals surface area contributed by atoms with Crippen molar-refractivity contribution in [3.63, 3.8) is 0 Å². The standard InChI is InChI=1S/C8H20FNOSi/c1-4-6-7(9)12-11-8(3,10)5-2/h7H,4-6,10,12H2,1-3H3. The molecular formula is C8H20FNOSi. The molecule has 0 spiro atoms. The van der Waals surface area contributed by atoms with Crippen molar-refractivity contribution < 1.29 is 8.82 Å². The van der Waals surface area contributed by atoms with E-state index >= 15 is 0 Å². The van der Waals surface area contributed by atoms with Crippen LogP contribution < -0.4 is 5.73 Å². The van der Waals surface area contributed by atoms with Gasteiger partial charge in [0.15, 0.2) is 9.76 Å². The average molecular weight is 193 g/mol. The van der Waals surface area contributed by atoms with Crippen LogP contribution in [0.15, 0.2) is 0 Å². The molecule has 0 aromatic rings. The molecule has 0 aliphatic carbocycles. The molecule has 0 fully saturated rings. The number of halogens is 1. The molecule has 0 heterocycles. The van der Waals surface area contributed by atoms with Crippen molar-refractivity contribution in [1.29, 1.82) is 0 Å². The Morgan fingerprint density at radius 3 is 2.58 bits per heavy atom. The Bertz CT molecular complexity index is 122. The minimum atomic E-state index is -1.08. The maximum Gasteiger partial charge on any atom is 0.199 e. The van der Waals surface area contributed by atoms with E-state index in [9.17, 15) is 4.39 Å². The largest absolute Gasteiger partial charge is 0.404 e. The fourth-order valence-electron chi connectivity index (χ4n) is 0.779. The molecule has 2 N–H and O–H groups in total. The third kappa shape index (κ3) is 5.68. The van der Waals surface area contributed by atoms with Crippen LogP contribution in [-0.4, -0.2) is 21.3 Å². The van der Waals surface area contributed by atoms with E-state index in [1.165, 1.54) is 0 Å². The van der Waals surface area contributed by atoms with Gasteiger partial charge in [-0.2, -0.15) is 0 Å². The summed E-state index contributed by atoms with van der Waals surface area (Å²) in [4.78, 5) is 0. The molecule has 0 radical (unpaired) electrons. The van der Waals surface area contributed by atoms with Crippen LogP contribution in [0.2, 0.25) is 0 Å². The lowest BCUT2D eigenvalue weighted by atomic mass is 10.2. The summed E-state index contributed by atoms with van der Waals surface area (Å²) in [5.74, 6) is -0.732. The molecule has 0 saturated carbocycles. The summed E-state index contributed by atoms with van der Waals surface area (Å²) in [6.45, 7) is 5.72. The molecule has 0 aliphatic heterocycles. The van der Waals surface area contributed by atoms with E-state index in [1.807, 2.05) is 13.8 Å². The Balaban J connectivity index is 3.52. The van der Waals surface area contributed by atoms with E-state index in [1.54, 1.807) is 6.92 Å². The Morgan fingerprint density at radius 2 is 2.17 bits per heavy atom. The van der Waals surface area contributed by atoms with Crippen molar-refractivity contribution in [3.8, 4) is 0 Å². The Morgan fingerprint density at radius 1 is 1.58 bits per heavy atom. The van der Waals surface area contributed by atoms with Crippen molar-refractivity contribution >= 4 is 9.76 Å². The summed E-state index contributed by atoms with van der Waals surface area (Å²) in [6, 6.07) is 0. The van der Waals surface area contributed by atoms with Crippen LogP contribution >= 0.6 is 0 Å². The molecule has 0 bridgehead atoms. The zero-order valence-electron chi connectivity index (χ0n) is 8.27. The molecule has 4 heteroatoms. The molecule has 2 unspecified atom stereocenters. The molecule has 74 valence electrons. The first-order chi connectivity index (χ1) is 5.52. The molecule has 0 aliphatic rings. The fraction of sp³-hybridized carbons (Fsp3) is 1.00. The first-order valence-electron chi connectivity index (χ1n) is 4.58. The van der Waals surface area contributed by atoms with E-state index in [4.69, 9.17) is 10.2 Å². The highest BCUT2D eigenvalue weighted by molar-refractivity contribution is 6.29. The van der Waals surface area contributed by atoms with Gasteiger partial charge in [-0.05, 0) is 19.8 Å². The Hall–Kier alpha value is 0.0669. The lowest BCUT2D eigenvalue weighted by Crippen LogP contribution is -2.41. The fourth-order valence-corrected chi connectivity index (χ4v) is 2.12. The Labute approximate surface area is 76.6 Å². The Kier molecular flexibility index (Phi) is 5.70. The molecule has 0 amide bonds. The molecular weight excluding hydrogens is 173 g/mol. The van der Waals surface area contributed by atoms with Crippen molar-refractivity contribution in [2.24, 2.45) is 5.73 Å². The highest BCUT2D eigenvalue weighted by atomic mass is 28.2. The topological polar surface area (TPSA) is 35.2 Å². The summed E-state index contributed by atoms with van der Waals surface area (Å²) < 4.78 is 18.3. The summed E-state index contributed by atoms with van der Waals surface area (Å²) >= 11 is 0. The summed E-state index contributed by atoms with van der Waals surface area (Å²) in [5.41, 5.74) is 5.10. The van der Waals surface area contributed by atoms with Crippen LogP contribution in [0.4, 0.5) is 4.39 Å². The second-order valence-electron chi connectivity index (χ2n) is 3.36. The maximum absolute atomic E-state index is 13.0. The van der Waals surface area contributed by atoms with Gasteiger partial charge >= 0.3 is 0 Å². The van der Waals surface area contributed by atoms with E-state index in [-0.39, 0.29) is 0 Å². The van der Waals surface area contributed by atoms with Crippen molar-refractivity contribution in [2.75, 3.05) is 0 Å². The zero-order valence-corrected chi connectivity index (χ0v) is 9.68. The lowest BCUT2D eigenvalue weighted by molar-refractivity contribution is 0.0893. The van der Waals surface area contributed by atoms with Gasteiger partial charge in [0.1, 0.15) is 11.5 Å². The third-order valence-corrected chi connectivity index (χ3v) is 3.49. The molecule has 0 rings (SSSR count). The summed E-state index contributed by atoms with van der Waals surface area (Å²) in [7, 11) is -1.08. The average Bonchev–Trinajstić information content (AvgIpc) is 2.02. The first-order valence-corrected chi connectivity index (χ1v) is 5.98. The van der Waals surface area contributed by atoms with Crippen molar-refractivity contribution in [1.82, 2.24) is 0 Å². The molecule has 0 saturated heterocycles. The first kappa shape index (κ1) is 12.1. The highest BCUT2D eigenvalue weighted by Gasteiger charge is 2.18. The zero-order chi connectivity index (χ0) is 9.61. The predicted molar refractivity (Wildman–Crippen MR) is 52.3 cm³/mol. The summed E-state index contributed by atoms with van der Waals surface area (Å²) in [6.07, 6.45) is 2.23. The highest BCUT2D eigenvalue weighted by Crippen LogP contribution is 2.08. The minimum Gasteiger partial charge on any atom is -0.404 e. The van der Waals surface area contributed by atoms with Crippen LogP contribution in [0.5, 0.6) is 0 Å². The molecule has 0 aromatic heterocycles. The van der Waals surface area contributed by atoms with E-state index in [0.717, 1.165) is 12.8 Å². The lowest BCUT2D eigenvalue weighted by Gasteiger charge is -2.24. The predicted octanol–water partition coefficient (Wildman–Crippen LogP) is 1.27. The van der Waals surface area contributed by atoms with Crippen LogP contribution in [-0.2, 0) is 4.43 Å². The van der Waals surface area contributed by atoms with E-state index < -0.39 is 21.3 Å². The van der Waals surface area contributed by atoms with Gasteiger partial charge in [-0.1, -0.05) is 20.3 Å². The van der Waals surface area contributed by atoms with Gasteiger partial charge in [-0.15, -0.1) is 0 Å². The van der Waals surface area contributed by atoms with E-state index in [2.05, 4.69) is 0 Å². The van der Waals surface area contributed by atoms with Gasteiger partial charge in [0.25, 0.3) is 0 Å². The van der Waals surface area contributed by atoms with Gasteiger partial charge in [-0.3, -0.25) is 0 Å². The monoisotopic (exact) mass is 193 g/mol. The van der Waals surface area contributed by atoms with Crippen LogP contribution in [0.3, 0.4) is 0 Å². The second kappa shape index (κ2) is 5.67. The van der Waals surface area contributed by atoms with Crippen molar-refractivity contribution in [2.45, 2.75) is 51.6 Å². The second-order valence-corrected chi connectivity index (χ2v) is 4.87. The quantitative estimate of drug-likeness (QED) is 0.509. The van der Waals surface area contributed by atoms with Gasteiger partial charge < -0.3 is 10.2 Å². The van der Waals surface area contributed by atoms with Crippen LogP contribution in [0, 0.1) is 0 Å². The number of nitrogens with two attached hydrogens (primary N) is 1. The van der Waals surface area contributed by atoms with Gasteiger partial charge in [-0.25, -0.2) is 4.39 Å². The van der Waals surface area contributed by atoms with Gasteiger partial charge in [0, 0.05) is 0 Å². The number of hydrogen-bond donors (Lipinski definition) is 1. The van der Waals surface area contributed by atoms with Crippen LogP contribution in [0.25, 0.3) is 0 Å². The molecule has 2 atom stereocenters. The van der Waals surface area contributed by atoms with E-state index in [0.29, 0.717) is 6.42 Å². The molecule has 2 nitrogen and oxygen atoms in total. The SMILES string of the molecule is CCCC(F)[SiH2]OC(C)(N)CC. The molecule has 0 aromatic carbocycles. The molecule has 12 heavy (non-hydrogen) atoms. The smallest absolute Gasteiger partial charge is 0.199 e. The van der Waals surface area contributed by atoms with Crippen molar-refractivity contribution in [3.05, 3.63) is 0 Å². The number of alkyl halides is 1. The number of rotatable bonds is 6. The third-order valence-electron chi connectivity index (χ3n) is 1.90. The van der Waals surface area contributed by atoms with Gasteiger partial charge in [0.2, 0.25) is 0 Å². The normalized spacial score (nSPS) is 19.8. The number of hydrogen-bond acceptors (Lipinski definition) is 2. The van der Waals surface area contributed by atoms with Crippen LogP contribution in [0.1, 0.15) is 40.0 Å². The maximum atomic E-state index is 13.0.